The van der Waals surface area contributed by atoms with E-state index in [0.29, 0.717) is 13.1 Å². The number of nitrogens with zero attached hydrogens (tertiary/aromatic N) is 3. The summed E-state index contributed by atoms with van der Waals surface area (Å²) in [5, 5.41) is 4.09. The number of morpholine rings is 1. The van der Waals surface area contributed by atoms with E-state index in [-0.39, 0.29) is 23.1 Å². The molecule has 1 saturated heterocycles. The lowest BCUT2D eigenvalue weighted by Crippen LogP contribution is -2.48. The van der Waals surface area contributed by atoms with Gasteiger partial charge in [-0.2, -0.15) is 9.40 Å². The van der Waals surface area contributed by atoms with Crippen molar-refractivity contribution in [2.45, 2.75) is 50.8 Å². The van der Waals surface area contributed by atoms with Crippen LogP contribution in [-0.4, -0.2) is 47.8 Å². The van der Waals surface area contributed by atoms with Crippen LogP contribution >= 0.6 is 0 Å². The minimum atomic E-state index is -3.47. The van der Waals surface area contributed by atoms with Crippen LogP contribution in [0.2, 0.25) is 0 Å². The van der Waals surface area contributed by atoms with Gasteiger partial charge >= 0.3 is 0 Å². The fraction of sp³-hybridized carbons (Fsp3) is 0.750. The number of sulfonamides is 1. The summed E-state index contributed by atoms with van der Waals surface area (Å²) in [5.74, 6) is 0. The number of hydrogen-bond donors (Lipinski definition) is 0. The van der Waals surface area contributed by atoms with Gasteiger partial charge in [0.1, 0.15) is 4.90 Å². The third kappa shape index (κ3) is 2.98. The van der Waals surface area contributed by atoms with Crippen LogP contribution in [0.3, 0.4) is 0 Å². The minimum absolute atomic E-state index is 0.0846. The van der Waals surface area contributed by atoms with Crippen LogP contribution in [0.4, 0.5) is 0 Å². The van der Waals surface area contributed by atoms with Crippen molar-refractivity contribution in [2.75, 3.05) is 13.1 Å². The number of aromatic nitrogens is 2. The van der Waals surface area contributed by atoms with Gasteiger partial charge in [0.25, 0.3) is 0 Å². The second kappa shape index (κ2) is 5.22. The molecular weight excluding hydrogens is 266 g/mol. The maximum Gasteiger partial charge on any atom is 0.246 e. The maximum atomic E-state index is 12.5. The topological polar surface area (TPSA) is 64.4 Å². The van der Waals surface area contributed by atoms with Gasteiger partial charge in [-0.1, -0.05) is 0 Å². The summed E-state index contributed by atoms with van der Waals surface area (Å²) in [5.41, 5.74) is 0. The van der Waals surface area contributed by atoms with Crippen LogP contribution in [0.15, 0.2) is 17.3 Å². The van der Waals surface area contributed by atoms with E-state index in [1.54, 1.807) is 10.9 Å². The van der Waals surface area contributed by atoms with Crippen LogP contribution in [0.5, 0.6) is 0 Å². The van der Waals surface area contributed by atoms with Crippen molar-refractivity contribution >= 4 is 10.0 Å². The van der Waals surface area contributed by atoms with Crippen molar-refractivity contribution in [3.05, 3.63) is 12.4 Å². The molecule has 19 heavy (non-hydrogen) atoms. The molecule has 0 radical (unpaired) electrons. The van der Waals surface area contributed by atoms with Gasteiger partial charge in [0.15, 0.2) is 0 Å². The Bertz CT molecular complexity index is 528. The monoisotopic (exact) mass is 287 g/mol. The van der Waals surface area contributed by atoms with E-state index in [1.165, 1.54) is 10.5 Å². The zero-order valence-corrected chi connectivity index (χ0v) is 12.6. The second-order valence-corrected chi connectivity index (χ2v) is 7.27. The predicted molar refractivity (Wildman–Crippen MR) is 71.4 cm³/mol. The Morgan fingerprint density at radius 3 is 2.37 bits per heavy atom. The molecule has 0 saturated carbocycles. The summed E-state index contributed by atoms with van der Waals surface area (Å²) in [4.78, 5) is 0.252. The fourth-order valence-electron chi connectivity index (χ4n) is 2.21. The number of ether oxygens (including phenoxy) is 1. The molecule has 7 heteroatoms. The molecular formula is C12H21N3O3S. The van der Waals surface area contributed by atoms with Gasteiger partial charge in [0.05, 0.1) is 18.4 Å². The van der Waals surface area contributed by atoms with Crippen LogP contribution in [0, 0.1) is 0 Å². The molecule has 1 fully saturated rings. The van der Waals surface area contributed by atoms with Gasteiger partial charge in [-0.15, -0.1) is 0 Å². The van der Waals surface area contributed by atoms with Crippen LogP contribution < -0.4 is 0 Å². The summed E-state index contributed by atoms with van der Waals surface area (Å²) < 4.78 is 33.8. The highest BCUT2D eigenvalue weighted by atomic mass is 32.2. The molecule has 0 bridgehead atoms. The largest absolute Gasteiger partial charge is 0.373 e. The fourth-order valence-corrected chi connectivity index (χ4v) is 3.74. The smallest absolute Gasteiger partial charge is 0.246 e. The van der Waals surface area contributed by atoms with Gasteiger partial charge in [-0.3, -0.25) is 4.68 Å². The highest BCUT2D eigenvalue weighted by Gasteiger charge is 2.33. The molecule has 0 aliphatic carbocycles. The Balaban J connectivity index is 2.25. The molecule has 0 spiro atoms. The van der Waals surface area contributed by atoms with Gasteiger partial charge in [0, 0.05) is 25.3 Å². The highest BCUT2D eigenvalue weighted by molar-refractivity contribution is 7.89. The molecule has 0 amide bonds. The first kappa shape index (κ1) is 14.5. The molecule has 0 N–H and O–H groups in total. The average Bonchev–Trinajstić information content (AvgIpc) is 2.77. The van der Waals surface area contributed by atoms with Gasteiger partial charge in [0.2, 0.25) is 10.0 Å². The molecule has 6 nitrogen and oxygen atoms in total. The lowest BCUT2D eigenvalue weighted by atomic mass is 10.3. The van der Waals surface area contributed by atoms with E-state index < -0.39 is 10.0 Å². The van der Waals surface area contributed by atoms with Crippen LogP contribution in [0.25, 0.3) is 0 Å². The van der Waals surface area contributed by atoms with Crippen molar-refractivity contribution in [3.63, 3.8) is 0 Å². The third-order valence-electron chi connectivity index (χ3n) is 3.13. The van der Waals surface area contributed by atoms with E-state index in [2.05, 4.69) is 5.10 Å². The molecule has 1 aliphatic rings. The number of hydrogen-bond acceptors (Lipinski definition) is 4. The first-order chi connectivity index (χ1) is 8.80. The molecule has 108 valence electrons. The zero-order chi connectivity index (χ0) is 14.2. The van der Waals surface area contributed by atoms with Gasteiger partial charge in [-0.25, -0.2) is 8.42 Å². The molecule has 1 aromatic heterocycles. The molecule has 1 aliphatic heterocycles. The molecule has 2 heterocycles. The van der Waals surface area contributed by atoms with Crippen molar-refractivity contribution in [2.24, 2.45) is 0 Å². The average molecular weight is 287 g/mol. The Hall–Kier alpha value is -0.920. The quantitative estimate of drug-likeness (QED) is 0.839. The van der Waals surface area contributed by atoms with Crippen molar-refractivity contribution in [3.8, 4) is 0 Å². The molecule has 2 rings (SSSR count). The Kier molecular flexibility index (Phi) is 3.98. The van der Waals surface area contributed by atoms with E-state index in [4.69, 9.17) is 4.74 Å². The molecule has 1 aromatic rings. The van der Waals surface area contributed by atoms with E-state index in [1.807, 2.05) is 27.7 Å². The Morgan fingerprint density at radius 2 is 1.89 bits per heavy atom. The van der Waals surface area contributed by atoms with E-state index >= 15 is 0 Å². The molecule has 0 aromatic carbocycles. The lowest BCUT2D eigenvalue weighted by molar-refractivity contribution is -0.0440. The Morgan fingerprint density at radius 1 is 1.32 bits per heavy atom. The minimum Gasteiger partial charge on any atom is -0.373 e. The first-order valence-corrected chi connectivity index (χ1v) is 7.94. The Labute approximate surface area is 114 Å². The maximum absolute atomic E-state index is 12.5. The van der Waals surface area contributed by atoms with E-state index in [0.717, 1.165) is 0 Å². The standard InChI is InChI=1S/C12H21N3O3S/c1-9(2)15-8-12(5-13-15)19(16,17)14-6-10(3)18-11(4)7-14/h5,8-11H,6-7H2,1-4H3. The van der Waals surface area contributed by atoms with Crippen molar-refractivity contribution in [1.82, 2.24) is 14.1 Å². The summed E-state index contributed by atoms with van der Waals surface area (Å²) in [6, 6.07) is 0.145. The molecule has 2 unspecified atom stereocenters. The number of rotatable bonds is 3. The van der Waals surface area contributed by atoms with Crippen molar-refractivity contribution in [1.29, 1.82) is 0 Å². The van der Waals surface area contributed by atoms with E-state index in [9.17, 15) is 8.42 Å². The zero-order valence-electron chi connectivity index (χ0n) is 11.8. The highest BCUT2D eigenvalue weighted by Crippen LogP contribution is 2.21. The lowest BCUT2D eigenvalue weighted by Gasteiger charge is -2.34. The first-order valence-electron chi connectivity index (χ1n) is 6.50. The predicted octanol–water partition coefficient (Wildman–Crippen LogP) is 1.26. The molecule has 2 atom stereocenters. The summed E-state index contributed by atoms with van der Waals surface area (Å²) in [7, 11) is -3.47. The van der Waals surface area contributed by atoms with Crippen molar-refractivity contribution < 1.29 is 13.2 Å². The third-order valence-corrected chi connectivity index (χ3v) is 4.92. The SMILES string of the molecule is CC1CN(S(=O)(=O)c2cnn(C(C)C)c2)CC(C)O1. The second-order valence-electron chi connectivity index (χ2n) is 5.33. The van der Waals surface area contributed by atoms with Gasteiger partial charge < -0.3 is 4.74 Å². The van der Waals surface area contributed by atoms with Crippen LogP contribution in [-0.2, 0) is 14.8 Å². The summed E-state index contributed by atoms with van der Waals surface area (Å²) in [6.45, 7) is 8.47. The normalized spacial score (nSPS) is 25.9. The summed E-state index contributed by atoms with van der Waals surface area (Å²) >= 11 is 0. The summed E-state index contributed by atoms with van der Waals surface area (Å²) in [6.07, 6.45) is 2.84. The van der Waals surface area contributed by atoms with Gasteiger partial charge in [-0.05, 0) is 27.7 Å². The van der Waals surface area contributed by atoms with Crippen LogP contribution in [0.1, 0.15) is 33.7 Å².